The molecule has 0 radical (unpaired) electrons. The Kier molecular flexibility index (Phi) is 2.52. The molecule has 3 rings (SSSR count). The van der Waals surface area contributed by atoms with E-state index in [4.69, 9.17) is 0 Å². The van der Waals surface area contributed by atoms with E-state index in [1.165, 1.54) is 16.5 Å². The second-order valence-electron chi connectivity index (χ2n) is 4.57. The smallest absolute Gasteiger partial charge is 0.151 e. The third kappa shape index (κ3) is 1.84. The van der Waals surface area contributed by atoms with Gasteiger partial charge in [0.25, 0.3) is 0 Å². The minimum Gasteiger partial charge on any atom is -0.364 e. The number of aldehydes is 1. The predicted molar refractivity (Wildman–Crippen MR) is 71.9 cm³/mol. The van der Waals surface area contributed by atoms with Gasteiger partial charge in [0.05, 0.1) is 0 Å². The fraction of sp³-hybridized carbons (Fsp3) is 0.133. The van der Waals surface area contributed by atoms with E-state index in [2.05, 4.69) is 40.0 Å². The highest BCUT2D eigenvalue weighted by atomic mass is 16.1. The summed E-state index contributed by atoms with van der Waals surface area (Å²) in [6.07, 6.45) is 5.48. The Morgan fingerprint density at radius 2 is 2.17 bits per heavy atom. The summed E-state index contributed by atoms with van der Waals surface area (Å²) in [5.41, 5.74) is 4.24. The molecule has 2 heterocycles. The average molecular weight is 238 g/mol. The summed E-state index contributed by atoms with van der Waals surface area (Å²) in [6.45, 7) is 0. The number of carbonyl (C=O) groups excluding carboxylic acids is 1. The molecular weight excluding hydrogens is 224 g/mol. The van der Waals surface area contributed by atoms with E-state index in [1.807, 2.05) is 13.1 Å². The predicted octanol–water partition coefficient (Wildman–Crippen LogP) is 2.91. The number of carbonyl (C=O) groups is 1. The topological polar surface area (TPSA) is 37.8 Å². The van der Waals surface area contributed by atoms with Crippen molar-refractivity contribution in [3.05, 3.63) is 59.5 Å². The molecule has 0 spiro atoms. The lowest BCUT2D eigenvalue weighted by Gasteiger charge is -2.01. The van der Waals surface area contributed by atoms with Crippen molar-refractivity contribution in [2.75, 3.05) is 0 Å². The summed E-state index contributed by atoms with van der Waals surface area (Å²) in [5, 5.41) is 1.25. The number of fused-ring (bicyclic) bond motifs is 1. The first kappa shape index (κ1) is 10.8. The van der Waals surface area contributed by atoms with E-state index in [9.17, 15) is 4.79 Å². The van der Waals surface area contributed by atoms with Crippen molar-refractivity contribution >= 4 is 17.2 Å². The van der Waals surface area contributed by atoms with Crippen molar-refractivity contribution in [1.29, 1.82) is 0 Å². The third-order valence-electron chi connectivity index (χ3n) is 3.25. The maximum atomic E-state index is 10.6. The number of benzene rings is 1. The molecule has 0 fully saturated rings. The Labute approximate surface area is 105 Å². The van der Waals surface area contributed by atoms with Crippen molar-refractivity contribution in [2.45, 2.75) is 6.42 Å². The first-order valence-corrected chi connectivity index (χ1v) is 5.93. The minimum absolute atomic E-state index is 0.700. The molecular formula is C15H14N2O. The van der Waals surface area contributed by atoms with Crippen LogP contribution in [-0.4, -0.2) is 15.8 Å². The van der Waals surface area contributed by atoms with Crippen LogP contribution in [0.15, 0.2) is 42.7 Å². The number of hydrogen-bond acceptors (Lipinski definition) is 1. The highest BCUT2D eigenvalue weighted by Crippen LogP contribution is 2.18. The zero-order valence-electron chi connectivity index (χ0n) is 10.2. The highest BCUT2D eigenvalue weighted by Gasteiger charge is 2.03. The molecule has 1 aromatic carbocycles. The van der Waals surface area contributed by atoms with Crippen molar-refractivity contribution in [2.24, 2.45) is 7.05 Å². The minimum atomic E-state index is 0.700. The van der Waals surface area contributed by atoms with Crippen LogP contribution in [0, 0.1) is 0 Å². The Balaban J connectivity index is 1.92. The molecule has 0 unspecified atom stereocenters. The fourth-order valence-electron chi connectivity index (χ4n) is 2.29. The lowest BCUT2D eigenvalue weighted by atomic mass is 10.1. The van der Waals surface area contributed by atoms with Gasteiger partial charge < -0.3 is 9.55 Å². The molecule has 0 aliphatic carbocycles. The van der Waals surface area contributed by atoms with Gasteiger partial charge in [0.15, 0.2) is 6.29 Å². The molecule has 0 amide bonds. The molecule has 3 heteroatoms. The summed E-state index contributed by atoms with van der Waals surface area (Å²) in [6, 6.07) is 10.5. The monoisotopic (exact) mass is 238 g/mol. The molecule has 0 saturated heterocycles. The van der Waals surface area contributed by atoms with E-state index in [1.54, 1.807) is 6.20 Å². The standard InChI is InChI=1S/C15H14N2O/c1-17-5-4-13-6-11(2-3-15(13)17)7-14-8-12(10-18)9-16-14/h2-6,8-10,16H,7H2,1H3. The van der Waals surface area contributed by atoms with E-state index in [0.29, 0.717) is 5.56 Å². The van der Waals surface area contributed by atoms with Gasteiger partial charge in [0, 0.05) is 42.6 Å². The molecule has 0 aliphatic heterocycles. The zero-order valence-corrected chi connectivity index (χ0v) is 10.2. The number of aromatic amines is 1. The maximum Gasteiger partial charge on any atom is 0.151 e. The van der Waals surface area contributed by atoms with Crippen LogP contribution in [0.1, 0.15) is 21.6 Å². The molecule has 90 valence electrons. The normalized spacial score (nSPS) is 10.9. The van der Waals surface area contributed by atoms with Crippen LogP contribution in [0.2, 0.25) is 0 Å². The molecule has 2 aromatic heterocycles. The molecule has 0 saturated carbocycles. The van der Waals surface area contributed by atoms with Crippen LogP contribution in [0.4, 0.5) is 0 Å². The van der Waals surface area contributed by atoms with Gasteiger partial charge >= 0.3 is 0 Å². The van der Waals surface area contributed by atoms with Gasteiger partial charge in [-0.2, -0.15) is 0 Å². The summed E-state index contributed by atoms with van der Waals surface area (Å²) < 4.78 is 2.11. The second-order valence-corrected chi connectivity index (χ2v) is 4.57. The average Bonchev–Trinajstić information content (AvgIpc) is 2.97. The molecule has 3 aromatic rings. The Morgan fingerprint density at radius 3 is 2.94 bits per heavy atom. The second kappa shape index (κ2) is 4.18. The summed E-state index contributed by atoms with van der Waals surface area (Å²) >= 11 is 0. The first-order valence-electron chi connectivity index (χ1n) is 5.93. The van der Waals surface area contributed by atoms with Crippen LogP contribution in [0.3, 0.4) is 0 Å². The molecule has 18 heavy (non-hydrogen) atoms. The van der Waals surface area contributed by atoms with Crippen LogP contribution in [0.5, 0.6) is 0 Å². The number of aryl methyl sites for hydroxylation is 1. The quantitative estimate of drug-likeness (QED) is 0.700. The Morgan fingerprint density at radius 1 is 1.28 bits per heavy atom. The van der Waals surface area contributed by atoms with Gasteiger partial charge in [-0.1, -0.05) is 6.07 Å². The van der Waals surface area contributed by atoms with Crippen LogP contribution in [0.25, 0.3) is 10.9 Å². The van der Waals surface area contributed by atoms with Gasteiger partial charge in [-0.05, 0) is 35.2 Å². The van der Waals surface area contributed by atoms with Crippen LogP contribution < -0.4 is 0 Å². The number of rotatable bonds is 3. The number of aromatic nitrogens is 2. The largest absolute Gasteiger partial charge is 0.364 e. The molecule has 0 bridgehead atoms. The van der Waals surface area contributed by atoms with Gasteiger partial charge in [-0.25, -0.2) is 0 Å². The van der Waals surface area contributed by atoms with Crippen molar-refractivity contribution in [1.82, 2.24) is 9.55 Å². The van der Waals surface area contributed by atoms with E-state index < -0.39 is 0 Å². The number of hydrogen-bond donors (Lipinski definition) is 1. The van der Waals surface area contributed by atoms with Crippen LogP contribution >= 0.6 is 0 Å². The highest BCUT2D eigenvalue weighted by molar-refractivity contribution is 5.81. The molecule has 0 atom stereocenters. The summed E-state index contributed by atoms with van der Waals surface area (Å²) in [7, 11) is 2.04. The first-order chi connectivity index (χ1) is 8.76. The van der Waals surface area contributed by atoms with Crippen molar-refractivity contribution in [3.63, 3.8) is 0 Å². The van der Waals surface area contributed by atoms with Gasteiger partial charge in [0.2, 0.25) is 0 Å². The van der Waals surface area contributed by atoms with E-state index >= 15 is 0 Å². The molecule has 1 N–H and O–H groups in total. The van der Waals surface area contributed by atoms with Gasteiger partial charge in [-0.3, -0.25) is 4.79 Å². The Bertz CT molecular complexity index is 706. The molecule has 0 aliphatic rings. The summed E-state index contributed by atoms with van der Waals surface area (Å²) in [5.74, 6) is 0. The lowest BCUT2D eigenvalue weighted by Crippen LogP contribution is -1.89. The number of nitrogens with one attached hydrogen (secondary N) is 1. The summed E-state index contributed by atoms with van der Waals surface area (Å²) in [4.78, 5) is 13.7. The Hall–Kier alpha value is -2.29. The third-order valence-corrected chi connectivity index (χ3v) is 3.25. The zero-order chi connectivity index (χ0) is 12.5. The fourth-order valence-corrected chi connectivity index (χ4v) is 2.29. The van der Waals surface area contributed by atoms with E-state index in [-0.39, 0.29) is 0 Å². The lowest BCUT2D eigenvalue weighted by molar-refractivity contribution is 0.112. The molecule has 3 nitrogen and oxygen atoms in total. The number of nitrogens with zero attached hydrogens (tertiary/aromatic N) is 1. The SMILES string of the molecule is Cn1ccc2cc(Cc3cc(C=O)c[nH]3)ccc21. The van der Waals surface area contributed by atoms with E-state index in [0.717, 1.165) is 18.4 Å². The van der Waals surface area contributed by atoms with Crippen LogP contribution in [-0.2, 0) is 13.5 Å². The number of H-pyrrole nitrogens is 1. The van der Waals surface area contributed by atoms with Crippen molar-refractivity contribution in [3.8, 4) is 0 Å². The van der Waals surface area contributed by atoms with Gasteiger partial charge in [0.1, 0.15) is 0 Å². The van der Waals surface area contributed by atoms with Gasteiger partial charge in [-0.15, -0.1) is 0 Å². The van der Waals surface area contributed by atoms with Crippen molar-refractivity contribution < 1.29 is 4.79 Å². The maximum absolute atomic E-state index is 10.6.